The van der Waals surface area contributed by atoms with Crippen LogP contribution in [0.3, 0.4) is 0 Å². The van der Waals surface area contributed by atoms with Crippen molar-refractivity contribution in [1.29, 1.82) is 0 Å². The van der Waals surface area contributed by atoms with Gasteiger partial charge >= 0.3 is 0 Å². The third-order valence-corrected chi connectivity index (χ3v) is 7.43. The summed E-state index contributed by atoms with van der Waals surface area (Å²) < 4.78 is 4.95. The minimum Gasteiger partial charge on any atom is -0.307 e. The molecule has 0 aliphatic heterocycles. The predicted molar refractivity (Wildman–Crippen MR) is 132 cm³/mol. The molecule has 31 heavy (non-hydrogen) atoms. The van der Waals surface area contributed by atoms with E-state index in [-0.39, 0.29) is 0 Å². The number of benzene rings is 4. The van der Waals surface area contributed by atoms with Gasteiger partial charge in [-0.15, -0.1) is 0 Å². The second kappa shape index (κ2) is 5.53. The van der Waals surface area contributed by atoms with Crippen LogP contribution in [0, 0.1) is 20.8 Å². The van der Waals surface area contributed by atoms with Crippen molar-refractivity contribution in [1.82, 2.24) is 4.40 Å². The van der Waals surface area contributed by atoms with Crippen LogP contribution in [-0.4, -0.2) is 4.40 Å². The standard InChI is InChI=1S/C29H23N2/c1-16-15-17(2)27-25(18(16)3)29-26-21(19-9-5-7-11-23(19)30(29)4)13-14-22-20-10-6-8-12-24(20)31(27)28(22)26/h5-15H,1-4H3/q+1. The Morgan fingerprint density at radius 2 is 1.35 bits per heavy atom. The van der Waals surface area contributed by atoms with E-state index in [1.807, 2.05) is 0 Å². The molecule has 0 unspecified atom stereocenters. The number of pyridine rings is 2. The number of aryl methyl sites for hydroxylation is 4. The van der Waals surface area contributed by atoms with Gasteiger partial charge in [0.1, 0.15) is 7.05 Å². The number of aromatic nitrogens is 2. The van der Waals surface area contributed by atoms with E-state index in [4.69, 9.17) is 0 Å². The normalized spacial score (nSPS) is 12.5. The van der Waals surface area contributed by atoms with Gasteiger partial charge in [-0.3, -0.25) is 0 Å². The van der Waals surface area contributed by atoms with Gasteiger partial charge in [-0.1, -0.05) is 48.5 Å². The van der Waals surface area contributed by atoms with Gasteiger partial charge in [-0.25, -0.2) is 0 Å². The molecule has 148 valence electrons. The Morgan fingerprint density at radius 1 is 0.645 bits per heavy atom. The lowest BCUT2D eigenvalue weighted by Gasteiger charge is -2.17. The molecular formula is C29H23N2+. The van der Waals surface area contributed by atoms with Crippen molar-refractivity contribution in [2.75, 3.05) is 0 Å². The topological polar surface area (TPSA) is 8.29 Å². The number of fused-ring (bicyclic) bond motifs is 8. The molecule has 2 heteroatoms. The molecule has 7 rings (SSSR count). The maximum atomic E-state index is 2.53. The molecule has 0 N–H and O–H groups in total. The molecule has 0 amide bonds. The lowest BCUT2D eigenvalue weighted by molar-refractivity contribution is -0.616. The van der Waals surface area contributed by atoms with Crippen molar-refractivity contribution in [2.45, 2.75) is 20.8 Å². The maximum Gasteiger partial charge on any atom is 0.225 e. The first kappa shape index (κ1) is 17.1. The second-order valence-corrected chi connectivity index (χ2v) is 9.02. The van der Waals surface area contributed by atoms with E-state index in [0.717, 1.165) is 0 Å². The van der Waals surface area contributed by atoms with Gasteiger partial charge in [0.25, 0.3) is 0 Å². The van der Waals surface area contributed by atoms with Crippen LogP contribution in [0.1, 0.15) is 16.7 Å². The largest absolute Gasteiger partial charge is 0.307 e. The van der Waals surface area contributed by atoms with Gasteiger partial charge in [-0.2, -0.15) is 4.57 Å². The Morgan fingerprint density at radius 3 is 2.19 bits per heavy atom. The van der Waals surface area contributed by atoms with E-state index < -0.39 is 0 Å². The molecule has 0 radical (unpaired) electrons. The van der Waals surface area contributed by atoms with Gasteiger partial charge in [0.15, 0.2) is 0 Å². The number of hydrogen-bond acceptors (Lipinski definition) is 0. The molecule has 7 aromatic rings. The van der Waals surface area contributed by atoms with E-state index in [1.54, 1.807) is 0 Å². The van der Waals surface area contributed by atoms with Crippen molar-refractivity contribution >= 4 is 59.9 Å². The number of nitrogens with zero attached hydrogens (tertiary/aromatic N) is 2. The third-order valence-electron chi connectivity index (χ3n) is 7.43. The molecule has 0 saturated carbocycles. The van der Waals surface area contributed by atoms with Crippen molar-refractivity contribution in [2.24, 2.45) is 7.05 Å². The minimum atomic E-state index is 1.28. The Labute approximate surface area is 180 Å². The highest BCUT2D eigenvalue weighted by Gasteiger charge is 2.27. The fourth-order valence-electron chi connectivity index (χ4n) is 5.98. The summed E-state index contributed by atoms with van der Waals surface area (Å²) in [5.74, 6) is 0. The Bertz CT molecular complexity index is 1870. The molecule has 4 aromatic carbocycles. The summed E-state index contributed by atoms with van der Waals surface area (Å²) in [5, 5.41) is 8.06. The highest BCUT2D eigenvalue weighted by Crippen LogP contribution is 2.43. The first-order chi connectivity index (χ1) is 15.1. The van der Waals surface area contributed by atoms with Crippen LogP contribution < -0.4 is 4.57 Å². The van der Waals surface area contributed by atoms with Gasteiger partial charge in [-0.05, 0) is 49.6 Å². The first-order valence-electron chi connectivity index (χ1n) is 11.0. The Balaban J connectivity index is 2.03. The van der Waals surface area contributed by atoms with E-state index in [0.29, 0.717) is 0 Å². The zero-order valence-corrected chi connectivity index (χ0v) is 18.2. The Kier molecular flexibility index (Phi) is 3.04. The van der Waals surface area contributed by atoms with Crippen LogP contribution in [0.5, 0.6) is 0 Å². The fraction of sp³-hybridized carbons (Fsp3) is 0.138. The molecule has 3 heterocycles. The molecular weight excluding hydrogens is 376 g/mol. The van der Waals surface area contributed by atoms with Crippen molar-refractivity contribution < 1.29 is 4.57 Å². The zero-order valence-electron chi connectivity index (χ0n) is 18.2. The van der Waals surface area contributed by atoms with E-state index >= 15 is 0 Å². The number of para-hydroxylation sites is 2. The average molecular weight is 400 g/mol. The van der Waals surface area contributed by atoms with Crippen LogP contribution in [-0.2, 0) is 7.05 Å². The summed E-state index contributed by atoms with van der Waals surface area (Å²) in [6.07, 6.45) is 0. The molecule has 0 atom stereocenters. The van der Waals surface area contributed by atoms with Gasteiger partial charge in [0, 0.05) is 22.2 Å². The van der Waals surface area contributed by atoms with E-state index in [2.05, 4.69) is 104 Å². The smallest absolute Gasteiger partial charge is 0.225 e. The molecule has 0 saturated heterocycles. The monoisotopic (exact) mass is 399 g/mol. The highest BCUT2D eigenvalue weighted by atomic mass is 15.0. The SMILES string of the molecule is Cc1cc(C)c2c(c1C)c1c3c(ccc4c5ccccc5n2c43)c2ccccc2[n+]1C. The Hall–Kier alpha value is -3.65. The van der Waals surface area contributed by atoms with Crippen molar-refractivity contribution in [3.05, 3.63) is 83.4 Å². The molecule has 2 nitrogen and oxygen atoms in total. The summed E-state index contributed by atoms with van der Waals surface area (Å²) in [7, 11) is 2.23. The van der Waals surface area contributed by atoms with Crippen LogP contribution in [0.25, 0.3) is 59.9 Å². The van der Waals surface area contributed by atoms with Crippen LogP contribution in [0.15, 0.2) is 66.7 Å². The molecule has 0 aliphatic carbocycles. The third kappa shape index (κ3) is 1.87. The molecule has 3 aromatic heterocycles. The highest BCUT2D eigenvalue weighted by molar-refractivity contribution is 6.30. The lowest BCUT2D eigenvalue weighted by Crippen LogP contribution is -2.31. The fourth-order valence-corrected chi connectivity index (χ4v) is 5.98. The van der Waals surface area contributed by atoms with Crippen LogP contribution in [0.4, 0.5) is 0 Å². The van der Waals surface area contributed by atoms with Crippen LogP contribution >= 0.6 is 0 Å². The van der Waals surface area contributed by atoms with Gasteiger partial charge in [0.2, 0.25) is 11.0 Å². The molecule has 0 fully saturated rings. The first-order valence-corrected chi connectivity index (χ1v) is 11.0. The average Bonchev–Trinajstić information content (AvgIpc) is 3.12. The second-order valence-electron chi connectivity index (χ2n) is 9.02. The van der Waals surface area contributed by atoms with Crippen LogP contribution in [0.2, 0.25) is 0 Å². The summed E-state index contributed by atoms with van der Waals surface area (Å²) >= 11 is 0. The number of hydrogen-bond donors (Lipinski definition) is 0. The molecule has 0 aliphatic rings. The van der Waals surface area contributed by atoms with Gasteiger partial charge < -0.3 is 4.40 Å². The zero-order chi connectivity index (χ0) is 21.0. The summed E-state index contributed by atoms with van der Waals surface area (Å²) in [5.41, 5.74) is 10.6. The predicted octanol–water partition coefficient (Wildman–Crippen LogP) is 6.89. The summed E-state index contributed by atoms with van der Waals surface area (Å²) in [6, 6.07) is 24.7. The summed E-state index contributed by atoms with van der Waals surface area (Å²) in [4.78, 5) is 0. The van der Waals surface area contributed by atoms with E-state index in [1.165, 1.54) is 76.6 Å². The molecule has 0 spiro atoms. The van der Waals surface area contributed by atoms with Crippen molar-refractivity contribution in [3.63, 3.8) is 0 Å². The van der Waals surface area contributed by atoms with Gasteiger partial charge in [0.05, 0.1) is 32.7 Å². The lowest BCUT2D eigenvalue weighted by atomic mass is 9.94. The van der Waals surface area contributed by atoms with Crippen molar-refractivity contribution in [3.8, 4) is 0 Å². The maximum absolute atomic E-state index is 2.53. The number of rotatable bonds is 0. The quantitative estimate of drug-likeness (QED) is 0.149. The minimum absolute atomic E-state index is 1.28. The molecule has 0 bridgehead atoms. The summed E-state index contributed by atoms with van der Waals surface area (Å²) in [6.45, 7) is 6.79. The van der Waals surface area contributed by atoms with E-state index in [9.17, 15) is 0 Å².